The Labute approximate surface area is 211 Å². The Kier molecular flexibility index (Phi) is 7.87. The molecule has 1 N–H and O–H groups in total. The number of pyridine rings is 1. The Hall–Kier alpha value is -2.77. The number of rotatable bonds is 8. The minimum absolute atomic E-state index is 0.0385. The maximum Gasteiger partial charge on any atom is 0.335 e. The molecule has 0 radical (unpaired) electrons. The number of hydrogen-bond donors (Lipinski definition) is 1. The molecular formula is C27H32ClN3O4. The lowest BCUT2D eigenvalue weighted by atomic mass is 9.98. The molecule has 8 heteroatoms. The van der Waals surface area contributed by atoms with Crippen LogP contribution in [0.4, 0.5) is 0 Å². The number of carboxylic acid groups (broad SMARTS) is 1. The van der Waals surface area contributed by atoms with Crippen LogP contribution in [0.25, 0.3) is 0 Å². The third-order valence-corrected chi connectivity index (χ3v) is 7.53. The molecule has 186 valence electrons. The molecule has 1 aromatic carbocycles. The van der Waals surface area contributed by atoms with Crippen molar-refractivity contribution in [3.05, 3.63) is 63.4 Å². The minimum atomic E-state index is -1.03. The molecule has 1 aromatic heterocycles. The van der Waals surface area contributed by atoms with E-state index < -0.39 is 12.0 Å². The van der Waals surface area contributed by atoms with Crippen molar-refractivity contribution in [2.24, 2.45) is 0 Å². The highest BCUT2D eigenvalue weighted by atomic mass is 35.5. The van der Waals surface area contributed by atoms with Crippen molar-refractivity contribution in [1.82, 2.24) is 14.8 Å². The molecule has 2 aliphatic heterocycles. The maximum atomic E-state index is 13.3. The summed E-state index contributed by atoms with van der Waals surface area (Å²) >= 11 is 6.15. The van der Waals surface area contributed by atoms with E-state index in [1.165, 1.54) is 11.6 Å². The first-order valence-electron chi connectivity index (χ1n) is 12.3. The number of amides is 1. The SMILES string of the molecule is CCc1cc(C(=O)O)cc(CC(=O)[C@H]2CCC(=O)N2C2CCN(Cc3ccc(Cl)c(C)c3)CC2)n1. The number of piperidine rings is 1. The van der Waals surface area contributed by atoms with Gasteiger partial charge in [0.1, 0.15) is 0 Å². The van der Waals surface area contributed by atoms with Gasteiger partial charge in [-0.25, -0.2) is 4.79 Å². The molecule has 0 bridgehead atoms. The molecular weight excluding hydrogens is 466 g/mol. The number of nitrogens with zero attached hydrogens (tertiary/aromatic N) is 3. The Morgan fingerprint density at radius 2 is 1.83 bits per heavy atom. The third-order valence-electron chi connectivity index (χ3n) is 7.10. The van der Waals surface area contributed by atoms with Crippen LogP contribution in [0.3, 0.4) is 0 Å². The van der Waals surface area contributed by atoms with E-state index >= 15 is 0 Å². The molecule has 3 heterocycles. The molecule has 2 saturated heterocycles. The number of carboxylic acids is 1. The molecule has 4 rings (SSSR count). The average molecular weight is 498 g/mol. The van der Waals surface area contributed by atoms with E-state index in [0.717, 1.165) is 43.1 Å². The first kappa shape index (κ1) is 25.3. The van der Waals surface area contributed by atoms with Gasteiger partial charge in [0.25, 0.3) is 0 Å². The summed E-state index contributed by atoms with van der Waals surface area (Å²) in [5.41, 5.74) is 3.53. The largest absolute Gasteiger partial charge is 0.478 e. The van der Waals surface area contributed by atoms with E-state index in [-0.39, 0.29) is 29.7 Å². The number of halogens is 1. The first-order chi connectivity index (χ1) is 16.7. The van der Waals surface area contributed by atoms with Gasteiger partial charge in [-0.05, 0) is 61.9 Å². The molecule has 0 unspecified atom stereocenters. The number of benzene rings is 1. The van der Waals surface area contributed by atoms with Crippen LogP contribution in [0.2, 0.25) is 5.02 Å². The molecule has 35 heavy (non-hydrogen) atoms. The second-order valence-electron chi connectivity index (χ2n) is 9.59. The predicted molar refractivity (Wildman–Crippen MR) is 134 cm³/mol. The topological polar surface area (TPSA) is 90.8 Å². The zero-order valence-corrected chi connectivity index (χ0v) is 21.1. The van der Waals surface area contributed by atoms with Crippen LogP contribution in [-0.2, 0) is 29.0 Å². The summed E-state index contributed by atoms with van der Waals surface area (Å²) in [4.78, 5) is 46.2. The second kappa shape index (κ2) is 10.9. The molecule has 2 aliphatic rings. The van der Waals surface area contributed by atoms with Crippen LogP contribution in [-0.4, -0.2) is 62.7 Å². The van der Waals surface area contributed by atoms with E-state index in [1.54, 1.807) is 6.07 Å². The van der Waals surface area contributed by atoms with Gasteiger partial charge < -0.3 is 10.0 Å². The normalized spacial score (nSPS) is 19.3. The Morgan fingerprint density at radius 3 is 2.49 bits per heavy atom. The van der Waals surface area contributed by atoms with Crippen molar-refractivity contribution >= 4 is 29.3 Å². The van der Waals surface area contributed by atoms with Gasteiger partial charge in [0.05, 0.1) is 18.0 Å². The van der Waals surface area contributed by atoms with Gasteiger partial charge in [0, 0.05) is 48.5 Å². The van der Waals surface area contributed by atoms with Gasteiger partial charge in [0.2, 0.25) is 5.91 Å². The van der Waals surface area contributed by atoms with Crippen molar-refractivity contribution in [3.8, 4) is 0 Å². The standard InChI is InChI=1S/C27H32ClN3O4/c1-3-20-13-19(27(34)35)14-21(29-20)15-25(32)24-6-7-26(33)31(24)22-8-10-30(11-9-22)16-18-4-5-23(28)17(2)12-18/h4-5,12-14,22,24H,3,6-11,15-16H2,1-2H3,(H,34,35)/t24-/m1/s1. The number of Topliss-reactive ketones (excluding diaryl/α,β-unsaturated/α-hetero) is 1. The molecule has 0 saturated carbocycles. The zero-order chi connectivity index (χ0) is 25.1. The van der Waals surface area contributed by atoms with Crippen LogP contribution < -0.4 is 0 Å². The summed E-state index contributed by atoms with van der Waals surface area (Å²) in [6.45, 7) is 6.46. The highest BCUT2D eigenvalue weighted by molar-refractivity contribution is 6.31. The predicted octanol–water partition coefficient (Wildman–Crippen LogP) is 4.07. The van der Waals surface area contributed by atoms with Gasteiger partial charge in [-0.3, -0.25) is 19.5 Å². The summed E-state index contributed by atoms with van der Waals surface area (Å²) in [5.74, 6) is -1.06. The van der Waals surface area contributed by atoms with Crippen molar-refractivity contribution in [2.45, 2.75) is 71.0 Å². The van der Waals surface area contributed by atoms with Gasteiger partial charge in [-0.2, -0.15) is 0 Å². The number of aromatic nitrogens is 1. The Bertz CT molecular complexity index is 1130. The molecule has 0 aliphatic carbocycles. The van der Waals surface area contributed by atoms with Crippen LogP contribution in [0.1, 0.15) is 65.5 Å². The average Bonchev–Trinajstić information content (AvgIpc) is 3.23. The van der Waals surface area contributed by atoms with E-state index in [1.807, 2.05) is 24.8 Å². The van der Waals surface area contributed by atoms with Gasteiger partial charge in [-0.15, -0.1) is 0 Å². The van der Waals surface area contributed by atoms with E-state index in [2.05, 4.69) is 22.0 Å². The lowest BCUT2D eigenvalue weighted by Gasteiger charge is -2.39. The summed E-state index contributed by atoms with van der Waals surface area (Å²) in [5, 5.41) is 10.2. The fourth-order valence-corrected chi connectivity index (χ4v) is 5.35. The van der Waals surface area contributed by atoms with Gasteiger partial charge >= 0.3 is 5.97 Å². The summed E-state index contributed by atoms with van der Waals surface area (Å²) in [6, 6.07) is 8.70. The molecule has 1 atom stereocenters. The van der Waals surface area contributed by atoms with Crippen LogP contribution in [0.5, 0.6) is 0 Å². The second-order valence-corrected chi connectivity index (χ2v) is 9.99. The van der Waals surface area contributed by atoms with E-state index in [9.17, 15) is 19.5 Å². The van der Waals surface area contributed by atoms with Crippen molar-refractivity contribution < 1.29 is 19.5 Å². The highest BCUT2D eigenvalue weighted by Crippen LogP contribution is 2.29. The highest BCUT2D eigenvalue weighted by Gasteiger charge is 2.41. The Balaban J connectivity index is 1.39. The van der Waals surface area contributed by atoms with Crippen LogP contribution in [0.15, 0.2) is 30.3 Å². The minimum Gasteiger partial charge on any atom is -0.478 e. The van der Waals surface area contributed by atoms with Crippen LogP contribution in [0, 0.1) is 6.92 Å². The maximum absolute atomic E-state index is 13.3. The molecule has 1 amide bonds. The van der Waals surface area contributed by atoms with Crippen LogP contribution >= 0.6 is 11.6 Å². The third kappa shape index (κ3) is 5.90. The lowest BCUT2D eigenvalue weighted by molar-refractivity contribution is -0.137. The van der Waals surface area contributed by atoms with E-state index in [0.29, 0.717) is 30.7 Å². The van der Waals surface area contributed by atoms with Gasteiger partial charge in [-0.1, -0.05) is 30.7 Å². The van der Waals surface area contributed by atoms with E-state index in [4.69, 9.17) is 11.6 Å². The number of aromatic carboxylic acids is 1. The quantitative estimate of drug-likeness (QED) is 0.591. The van der Waals surface area contributed by atoms with Gasteiger partial charge in [0.15, 0.2) is 5.78 Å². The molecule has 0 spiro atoms. The van der Waals surface area contributed by atoms with Crippen molar-refractivity contribution in [2.75, 3.05) is 13.1 Å². The number of carbonyl (C=O) groups excluding carboxylic acids is 2. The molecule has 7 nitrogen and oxygen atoms in total. The molecule has 2 fully saturated rings. The lowest BCUT2D eigenvalue weighted by Crippen LogP contribution is -2.50. The number of carbonyl (C=O) groups is 3. The van der Waals surface area contributed by atoms with Crippen molar-refractivity contribution in [3.63, 3.8) is 0 Å². The smallest absolute Gasteiger partial charge is 0.335 e. The first-order valence-corrected chi connectivity index (χ1v) is 12.7. The summed E-state index contributed by atoms with van der Waals surface area (Å²) in [7, 11) is 0. The molecule has 2 aromatic rings. The Morgan fingerprint density at radius 1 is 1.11 bits per heavy atom. The number of likely N-dealkylation sites (tertiary alicyclic amines) is 2. The number of ketones is 1. The fraction of sp³-hybridized carbons (Fsp3) is 0.481. The number of hydrogen-bond acceptors (Lipinski definition) is 5. The zero-order valence-electron chi connectivity index (χ0n) is 20.3. The summed E-state index contributed by atoms with van der Waals surface area (Å²) in [6.07, 6.45) is 3.18. The monoisotopic (exact) mass is 497 g/mol. The number of aryl methyl sites for hydroxylation is 2. The fourth-order valence-electron chi connectivity index (χ4n) is 5.24. The summed E-state index contributed by atoms with van der Waals surface area (Å²) < 4.78 is 0. The van der Waals surface area contributed by atoms with Crippen molar-refractivity contribution in [1.29, 1.82) is 0 Å².